The zero-order valence-corrected chi connectivity index (χ0v) is 20.1. The van der Waals surface area contributed by atoms with Crippen molar-refractivity contribution in [3.63, 3.8) is 0 Å². The molecule has 1 saturated carbocycles. The molecule has 1 heterocycles. The van der Waals surface area contributed by atoms with Gasteiger partial charge in [0.1, 0.15) is 0 Å². The molecule has 2 aromatic carbocycles. The summed E-state index contributed by atoms with van der Waals surface area (Å²) in [6.45, 7) is 5.62. The van der Waals surface area contributed by atoms with Gasteiger partial charge in [0.25, 0.3) is 0 Å². The first-order valence-electron chi connectivity index (χ1n) is 11.7. The molecule has 0 aromatic heterocycles. The van der Waals surface area contributed by atoms with Gasteiger partial charge in [0.15, 0.2) is 0 Å². The highest BCUT2D eigenvalue weighted by atomic mass is 32.2. The van der Waals surface area contributed by atoms with E-state index in [1.807, 2.05) is 11.0 Å². The summed E-state index contributed by atoms with van der Waals surface area (Å²) in [6.07, 6.45) is 3.15. The van der Waals surface area contributed by atoms with Gasteiger partial charge in [-0.05, 0) is 67.0 Å². The number of nitrogens with zero attached hydrogens (tertiary/aromatic N) is 3. The molecule has 33 heavy (non-hydrogen) atoms. The van der Waals surface area contributed by atoms with Crippen LogP contribution in [0.3, 0.4) is 0 Å². The SMILES string of the molecule is CC(C)c1ccc(CN(C(=O)C2CCN(S(=O)(=O)c3ccc(C#N)cc3)CC2)C2CC2)cc1. The molecule has 0 bridgehead atoms. The van der Waals surface area contributed by atoms with Crippen molar-refractivity contribution < 1.29 is 13.2 Å². The molecule has 0 N–H and O–H groups in total. The van der Waals surface area contributed by atoms with Crippen LogP contribution >= 0.6 is 0 Å². The molecular formula is C26H31N3O3S. The van der Waals surface area contributed by atoms with Crippen molar-refractivity contribution in [2.24, 2.45) is 5.92 Å². The first kappa shape index (κ1) is 23.5. The Morgan fingerprint density at radius 2 is 1.64 bits per heavy atom. The molecule has 0 atom stereocenters. The highest BCUT2D eigenvalue weighted by Gasteiger charge is 2.38. The highest BCUT2D eigenvalue weighted by Crippen LogP contribution is 2.33. The lowest BCUT2D eigenvalue weighted by Crippen LogP contribution is -2.44. The largest absolute Gasteiger partial charge is 0.335 e. The Balaban J connectivity index is 1.39. The Bertz CT molecular complexity index is 1120. The maximum absolute atomic E-state index is 13.4. The fraction of sp³-hybridized carbons (Fsp3) is 0.462. The standard InChI is InChI=1S/C26H31N3O3S/c1-19(2)22-7-3-21(4-8-22)18-29(24-9-10-24)26(30)23-13-15-28(16-14-23)33(31,32)25-11-5-20(17-27)6-12-25/h3-8,11-12,19,23-24H,9-10,13-16,18H2,1-2H3. The van der Waals surface area contributed by atoms with E-state index >= 15 is 0 Å². The molecule has 2 aliphatic rings. The molecule has 2 fully saturated rings. The van der Waals surface area contributed by atoms with Gasteiger partial charge in [-0.3, -0.25) is 4.79 Å². The first-order valence-corrected chi connectivity index (χ1v) is 13.1. The number of carbonyl (C=O) groups excluding carboxylic acids is 1. The lowest BCUT2D eigenvalue weighted by atomic mass is 9.96. The van der Waals surface area contributed by atoms with Gasteiger partial charge in [-0.1, -0.05) is 38.1 Å². The van der Waals surface area contributed by atoms with Crippen LogP contribution < -0.4 is 0 Å². The van der Waals surface area contributed by atoms with E-state index in [0.29, 0.717) is 50.0 Å². The van der Waals surface area contributed by atoms with Crippen LogP contribution in [0.15, 0.2) is 53.4 Å². The van der Waals surface area contributed by atoms with Crippen molar-refractivity contribution >= 4 is 15.9 Å². The van der Waals surface area contributed by atoms with Gasteiger partial charge in [-0.15, -0.1) is 0 Å². The van der Waals surface area contributed by atoms with Crippen LogP contribution in [0.25, 0.3) is 0 Å². The lowest BCUT2D eigenvalue weighted by Gasteiger charge is -2.34. The molecule has 0 unspecified atom stereocenters. The van der Waals surface area contributed by atoms with Gasteiger partial charge in [0.05, 0.1) is 16.5 Å². The second-order valence-corrected chi connectivity index (χ2v) is 11.3. The van der Waals surface area contributed by atoms with Gasteiger partial charge < -0.3 is 4.90 Å². The van der Waals surface area contributed by atoms with Crippen LogP contribution in [0.4, 0.5) is 0 Å². The molecule has 0 radical (unpaired) electrons. The number of sulfonamides is 1. The zero-order valence-electron chi connectivity index (χ0n) is 19.3. The molecule has 1 saturated heterocycles. The summed E-state index contributed by atoms with van der Waals surface area (Å²) >= 11 is 0. The minimum Gasteiger partial charge on any atom is -0.335 e. The number of hydrogen-bond donors (Lipinski definition) is 0. The molecule has 1 amide bonds. The molecule has 1 aliphatic heterocycles. The Labute approximate surface area is 196 Å². The van der Waals surface area contributed by atoms with Gasteiger partial charge in [0, 0.05) is 31.6 Å². The Kier molecular flexibility index (Phi) is 6.87. The van der Waals surface area contributed by atoms with Gasteiger partial charge in [0.2, 0.25) is 15.9 Å². The monoisotopic (exact) mass is 465 g/mol. The van der Waals surface area contributed by atoms with Crippen LogP contribution in [0.5, 0.6) is 0 Å². The van der Waals surface area contributed by atoms with E-state index in [1.54, 1.807) is 0 Å². The Morgan fingerprint density at radius 1 is 1.03 bits per heavy atom. The number of piperidine rings is 1. The van der Waals surface area contributed by atoms with E-state index in [4.69, 9.17) is 5.26 Å². The van der Waals surface area contributed by atoms with E-state index in [1.165, 1.54) is 34.1 Å². The topological polar surface area (TPSA) is 81.5 Å². The summed E-state index contributed by atoms with van der Waals surface area (Å²) in [5, 5.41) is 8.93. The Hall–Kier alpha value is -2.69. The maximum atomic E-state index is 13.4. The van der Waals surface area contributed by atoms with Crippen LogP contribution in [0.2, 0.25) is 0 Å². The number of carbonyl (C=O) groups is 1. The minimum atomic E-state index is -3.62. The maximum Gasteiger partial charge on any atom is 0.243 e. The molecule has 1 aliphatic carbocycles. The van der Waals surface area contributed by atoms with Gasteiger partial charge >= 0.3 is 0 Å². The molecular weight excluding hydrogens is 434 g/mol. The van der Waals surface area contributed by atoms with Crippen molar-refractivity contribution in [2.45, 2.75) is 62.9 Å². The fourth-order valence-electron chi connectivity index (χ4n) is 4.41. The van der Waals surface area contributed by atoms with Crippen LogP contribution in [-0.2, 0) is 21.4 Å². The third-order valence-corrected chi connectivity index (χ3v) is 8.61. The Morgan fingerprint density at radius 3 is 2.15 bits per heavy atom. The van der Waals surface area contributed by atoms with Crippen molar-refractivity contribution in [3.8, 4) is 6.07 Å². The summed E-state index contributed by atoms with van der Waals surface area (Å²) in [5.74, 6) is 0.486. The second kappa shape index (κ2) is 9.66. The zero-order chi connectivity index (χ0) is 23.6. The molecule has 7 heteroatoms. The van der Waals surface area contributed by atoms with Crippen molar-refractivity contribution in [1.82, 2.24) is 9.21 Å². The average Bonchev–Trinajstić information content (AvgIpc) is 3.68. The number of amides is 1. The second-order valence-electron chi connectivity index (χ2n) is 9.41. The minimum absolute atomic E-state index is 0.145. The normalized spacial score (nSPS) is 17.6. The van der Waals surface area contributed by atoms with Crippen molar-refractivity contribution in [1.29, 1.82) is 5.26 Å². The van der Waals surface area contributed by atoms with Crippen LogP contribution in [0, 0.1) is 17.2 Å². The predicted molar refractivity (Wildman–Crippen MR) is 127 cm³/mol. The number of rotatable bonds is 7. The summed E-state index contributed by atoms with van der Waals surface area (Å²) in [7, 11) is -3.62. The van der Waals surface area contributed by atoms with Crippen LogP contribution in [-0.4, -0.2) is 42.7 Å². The van der Waals surface area contributed by atoms with Crippen molar-refractivity contribution in [3.05, 3.63) is 65.2 Å². The fourth-order valence-corrected chi connectivity index (χ4v) is 5.88. The molecule has 0 spiro atoms. The number of benzene rings is 2. The van der Waals surface area contributed by atoms with Crippen molar-refractivity contribution in [2.75, 3.05) is 13.1 Å². The third-order valence-electron chi connectivity index (χ3n) is 6.69. The van der Waals surface area contributed by atoms with E-state index in [2.05, 4.69) is 38.1 Å². The quantitative estimate of drug-likeness (QED) is 0.611. The first-order chi connectivity index (χ1) is 15.8. The predicted octanol–water partition coefficient (Wildman–Crippen LogP) is 4.27. The summed E-state index contributed by atoms with van der Waals surface area (Å²) in [5.41, 5.74) is 2.86. The highest BCUT2D eigenvalue weighted by molar-refractivity contribution is 7.89. The van der Waals surface area contributed by atoms with Crippen LogP contribution in [0.1, 0.15) is 62.1 Å². The number of nitriles is 1. The molecule has 2 aromatic rings. The lowest BCUT2D eigenvalue weighted by molar-refractivity contribution is -0.138. The smallest absolute Gasteiger partial charge is 0.243 e. The third kappa shape index (κ3) is 5.29. The van der Waals surface area contributed by atoms with E-state index < -0.39 is 10.0 Å². The molecule has 174 valence electrons. The van der Waals surface area contributed by atoms with Gasteiger partial charge in [-0.25, -0.2) is 8.42 Å². The molecule has 4 rings (SSSR count). The van der Waals surface area contributed by atoms with E-state index in [0.717, 1.165) is 18.4 Å². The summed E-state index contributed by atoms with van der Waals surface area (Å²) in [4.78, 5) is 15.6. The number of hydrogen-bond acceptors (Lipinski definition) is 4. The van der Waals surface area contributed by atoms with Gasteiger partial charge in [-0.2, -0.15) is 9.57 Å². The molecule has 6 nitrogen and oxygen atoms in total. The van der Waals surface area contributed by atoms with E-state index in [-0.39, 0.29) is 16.7 Å². The van der Waals surface area contributed by atoms with E-state index in [9.17, 15) is 13.2 Å². The summed E-state index contributed by atoms with van der Waals surface area (Å²) in [6, 6.07) is 16.8. The average molecular weight is 466 g/mol. The summed E-state index contributed by atoms with van der Waals surface area (Å²) < 4.78 is 27.4.